The summed E-state index contributed by atoms with van der Waals surface area (Å²) in [5.41, 5.74) is 1.90. The number of amides is 1. The smallest absolute Gasteiger partial charge is 0.329 e. The van der Waals surface area contributed by atoms with Crippen molar-refractivity contribution in [3.63, 3.8) is 0 Å². The molecule has 1 aliphatic rings. The zero-order valence-electron chi connectivity index (χ0n) is 20.5. The van der Waals surface area contributed by atoms with Gasteiger partial charge in [0, 0.05) is 12.1 Å². The molecule has 1 heterocycles. The number of rotatable bonds is 10. The van der Waals surface area contributed by atoms with E-state index in [1.165, 1.54) is 12.8 Å². The summed E-state index contributed by atoms with van der Waals surface area (Å²) in [5.74, 6) is -0.348. The fraction of sp³-hybridized carbons (Fsp3) is 0.680. The quantitative estimate of drug-likeness (QED) is 0.237. The standard InChI is InChI=1S/C25H41NO4Si/c1-8-10-11-12-22(30-31(6,7)25(3,4)5)19-13-15-20(16-14-19)26-21(17-18-23(26)27)24(28)29-9-2/h13-16,21-22H,8-12,17-18H2,1-7H3/t21-,22+/m1/s1. The minimum absolute atomic E-state index is 0.0252. The number of esters is 1. The molecular formula is C25H41NO4Si. The summed E-state index contributed by atoms with van der Waals surface area (Å²) >= 11 is 0. The highest BCUT2D eigenvalue weighted by Crippen LogP contribution is 2.41. The molecule has 6 heteroatoms. The van der Waals surface area contributed by atoms with Gasteiger partial charge in [0.05, 0.1) is 12.7 Å². The van der Waals surface area contributed by atoms with Gasteiger partial charge in [0.25, 0.3) is 0 Å². The van der Waals surface area contributed by atoms with Crippen LogP contribution in [0.5, 0.6) is 0 Å². The monoisotopic (exact) mass is 447 g/mol. The molecule has 0 aromatic heterocycles. The Balaban J connectivity index is 2.25. The highest BCUT2D eigenvalue weighted by molar-refractivity contribution is 6.74. The van der Waals surface area contributed by atoms with Gasteiger partial charge in [-0.3, -0.25) is 9.69 Å². The molecule has 0 aliphatic carbocycles. The fourth-order valence-electron chi connectivity index (χ4n) is 3.72. The van der Waals surface area contributed by atoms with E-state index in [4.69, 9.17) is 9.16 Å². The molecular weight excluding hydrogens is 406 g/mol. The summed E-state index contributed by atoms with van der Waals surface area (Å²) in [6.45, 7) is 15.7. The van der Waals surface area contributed by atoms with Crippen LogP contribution in [-0.4, -0.2) is 32.8 Å². The maximum absolute atomic E-state index is 12.5. The van der Waals surface area contributed by atoms with Crippen LogP contribution < -0.4 is 4.90 Å². The van der Waals surface area contributed by atoms with E-state index in [0.29, 0.717) is 19.4 Å². The van der Waals surface area contributed by atoms with E-state index in [2.05, 4.69) is 52.9 Å². The molecule has 2 rings (SSSR count). The third kappa shape index (κ3) is 6.42. The van der Waals surface area contributed by atoms with Gasteiger partial charge in [-0.25, -0.2) is 4.79 Å². The van der Waals surface area contributed by atoms with Crippen molar-refractivity contribution in [3.05, 3.63) is 29.8 Å². The van der Waals surface area contributed by atoms with Gasteiger partial charge in [0.2, 0.25) is 5.91 Å². The van der Waals surface area contributed by atoms with Gasteiger partial charge in [-0.2, -0.15) is 0 Å². The van der Waals surface area contributed by atoms with E-state index in [1.54, 1.807) is 11.8 Å². The molecule has 0 bridgehead atoms. The molecule has 2 atom stereocenters. The fourth-order valence-corrected chi connectivity index (χ4v) is 5.04. The molecule has 0 unspecified atom stereocenters. The van der Waals surface area contributed by atoms with Crippen LogP contribution in [0.25, 0.3) is 0 Å². The Kier molecular flexibility index (Phi) is 8.89. The second-order valence-corrected chi connectivity index (χ2v) is 14.8. The highest BCUT2D eigenvalue weighted by Gasteiger charge is 2.40. The first-order valence-electron chi connectivity index (χ1n) is 11.8. The molecule has 1 aromatic rings. The summed E-state index contributed by atoms with van der Waals surface area (Å²) in [6.07, 6.45) is 5.43. The molecule has 5 nitrogen and oxygen atoms in total. The van der Waals surface area contributed by atoms with E-state index in [1.807, 2.05) is 12.1 Å². The summed E-state index contributed by atoms with van der Waals surface area (Å²) in [5, 5.41) is 0.144. The number of carbonyl (C=O) groups excluding carboxylic acids is 2. The van der Waals surface area contributed by atoms with Crippen molar-refractivity contribution in [2.45, 2.75) is 103 Å². The van der Waals surface area contributed by atoms with Crippen LogP contribution in [0.15, 0.2) is 24.3 Å². The molecule has 1 amide bonds. The topological polar surface area (TPSA) is 55.8 Å². The Bertz CT molecular complexity index is 739. The lowest BCUT2D eigenvalue weighted by atomic mass is 10.0. The number of hydrogen-bond donors (Lipinski definition) is 0. The Morgan fingerprint density at radius 3 is 2.35 bits per heavy atom. The number of nitrogens with zero attached hydrogens (tertiary/aromatic N) is 1. The van der Waals surface area contributed by atoms with Crippen LogP contribution in [0.2, 0.25) is 18.1 Å². The number of carbonyl (C=O) groups is 2. The third-order valence-electron chi connectivity index (χ3n) is 6.63. The Labute approximate surface area is 189 Å². The first kappa shape index (κ1) is 25.6. The number of ether oxygens (including phenoxy) is 1. The largest absolute Gasteiger partial charge is 0.464 e. The molecule has 174 valence electrons. The van der Waals surface area contributed by atoms with E-state index in [-0.39, 0.29) is 23.0 Å². The molecule has 1 aromatic carbocycles. The second-order valence-electron chi connectivity index (χ2n) is 10.0. The van der Waals surface area contributed by atoms with Crippen molar-refractivity contribution >= 4 is 25.9 Å². The highest BCUT2D eigenvalue weighted by atomic mass is 28.4. The molecule has 0 saturated carbocycles. The van der Waals surface area contributed by atoms with E-state index in [9.17, 15) is 9.59 Å². The van der Waals surface area contributed by atoms with Crippen LogP contribution in [0, 0.1) is 0 Å². The predicted molar refractivity (Wildman–Crippen MR) is 129 cm³/mol. The molecule has 0 radical (unpaired) electrons. The van der Waals surface area contributed by atoms with Crippen molar-refractivity contribution < 1.29 is 18.8 Å². The minimum atomic E-state index is -1.92. The summed E-state index contributed by atoms with van der Waals surface area (Å²) in [7, 11) is -1.92. The molecule has 1 fully saturated rings. The van der Waals surface area contributed by atoms with Gasteiger partial charge in [-0.1, -0.05) is 59.1 Å². The van der Waals surface area contributed by atoms with Crippen LogP contribution >= 0.6 is 0 Å². The first-order valence-corrected chi connectivity index (χ1v) is 14.7. The minimum Gasteiger partial charge on any atom is -0.464 e. The van der Waals surface area contributed by atoms with Crippen molar-refractivity contribution in [3.8, 4) is 0 Å². The third-order valence-corrected chi connectivity index (χ3v) is 11.1. The lowest BCUT2D eigenvalue weighted by Gasteiger charge is -2.39. The van der Waals surface area contributed by atoms with Gasteiger partial charge < -0.3 is 9.16 Å². The van der Waals surface area contributed by atoms with E-state index < -0.39 is 14.4 Å². The van der Waals surface area contributed by atoms with Crippen molar-refractivity contribution in [2.24, 2.45) is 0 Å². The SMILES string of the molecule is CCCCC[C@H](O[Si](C)(C)C(C)(C)C)c1ccc(N2C(=O)CC[C@@H]2C(=O)OCC)cc1. The normalized spacial score (nSPS) is 18.4. The molecule has 1 aliphatic heterocycles. The van der Waals surface area contributed by atoms with Crippen LogP contribution in [0.3, 0.4) is 0 Å². The summed E-state index contributed by atoms with van der Waals surface area (Å²) in [4.78, 5) is 26.4. The van der Waals surface area contributed by atoms with Gasteiger partial charge in [0.1, 0.15) is 6.04 Å². The average molecular weight is 448 g/mol. The Morgan fingerprint density at radius 1 is 1.16 bits per heavy atom. The zero-order chi connectivity index (χ0) is 23.2. The lowest BCUT2D eigenvalue weighted by Crippen LogP contribution is -2.42. The second kappa shape index (κ2) is 10.8. The number of unbranched alkanes of at least 4 members (excludes halogenated alkanes) is 2. The number of benzene rings is 1. The Hall–Kier alpha value is -1.66. The summed E-state index contributed by atoms with van der Waals surface area (Å²) < 4.78 is 12.0. The lowest BCUT2D eigenvalue weighted by molar-refractivity contribution is -0.144. The molecule has 0 N–H and O–H groups in total. The van der Waals surface area contributed by atoms with Gasteiger partial charge >= 0.3 is 5.97 Å². The van der Waals surface area contributed by atoms with Crippen molar-refractivity contribution in [1.82, 2.24) is 0 Å². The van der Waals surface area contributed by atoms with Gasteiger partial charge in [-0.05, 0) is 55.6 Å². The van der Waals surface area contributed by atoms with Crippen molar-refractivity contribution in [2.75, 3.05) is 11.5 Å². The van der Waals surface area contributed by atoms with Gasteiger partial charge in [-0.15, -0.1) is 0 Å². The van der Waals surface area contributed by atoms with Crippen LogP contribution in [0.1, 0.15) is 84.8 Å². The van der Waals surface area contributed by atoms with Crippen LogP contribution in [0.4, 0.5) is 5.69 Å². The number of anilines is 1. The maximum atomic E-state index is 12.5. The molecule has 0 spiro atoms. The predicted octanol–water partition coefficient (Wildman–Crippen LogP) is 6.39. The van der Waals surface area contributed by atoms with Crippen molar-refractivity contribution in [1.29, 1.82) is 0 Å². The van der Waals surface area contributed by atoms with Gasteiger partial charge in [0.15, 0.2) is 8.32 Å². The summed E-state index contributed by atoms with van der Waals surface area (Å²) in [6, 6.07) is 7.50. The van der Waals surface area contributed by atoms with E-state index >= 15 is 0 Å². The zero-order valence-corrected chi connectivity index (χ0v) is 21.5. The Morgan fingerprint density at radius 2 is 1.81 bits per heavy atom. The average Bonchev–Trinajstić information content (AvgIpc) is 3.08. The molecule has 1 saturated heterocycles. The maximum Gasteiger partial charge on any atom is 0.329 e. The molecule has 31 heavy (non-hydrogen) atoms. The number of hydrogen-bond acceptors (Lipinski definition) is 4. The first-order chi connectivity index (χ1) is 14.5. The van der Waals surface area contributed by atoms with Crippen LogP contribution in [-0.2, 0) is 18.8 Å². The van der Waals surface area contributed by atoms with E-state index in [0.717, 1.165) is 24.1 Å².